The van der Waals surface area contributed by atoms with Crippen molar-refractivity contribution in [3.8, 4) is 5.69 Å². The smallest absolute Gasteiger partial charge is 0.248 e. The first-order chi connectivity index (χ1) is 10.8. The summed E-state index contributed by atoms with van der Waals surface area (Å²) in [5.41, 5.74) is 2.49. The lowest BCUT2D eigenvalue weighted by Gasteiger charge is -1.99. The zero-order chi connectivity index (χ0) is 15.2. The molecule has 3 aromatic rings. The molecule has 1 amide bonds. The number of amides is 1. The van der Waals surface area contributed by atoms with Gasteiger partial charge in [-0.05, 0) is 30.3 Å². The van der Waals surface area contributed by atoms with Gasteiger partial charge in [-0.1, -0.05) is 18.2 Å². The first-order valence-corrected chi connectivity index (χ1v) is 6.80. The fourth-order valence-electron chi connectivity index (χ4n) is 1.94. The van der Waals surface area contributed by atoms with Gasteiger partial charge in [0.05, 0.1) is 23.8 Å². The summed E-state index contributed by atoms with van der Waals surface area (Å²) >= 11 is 0. The summed E-state index contributed by atoms with van der Waals surface area (Å²) in [6.45, 7) is 0. The number of pyridine rings is 1. The van der Waals surface area contributed by atoms with Crippen LogP contribution < -0.4 is 5.32 Å². The minimum Gasteiger partial charge on any atom is -0.321 e. The van der Waals surface area contributed by atoms with E-state index in [-0.39, 0.29) is 5.91 Å². The molecule has 1 N–H and O–H groups in total. The maximum Gasteiger partial charge on any atom is 0.248 e. The molecular formula is C17H14N4O. The molecule has 0 spiro atoms. The number of aromatic nitrogens is 3. The van der Waals surface area contributed by atoms with Gasteiger partial charge in [-0.2, -0.15) is 5.10 Å². The van der Waals surface area contributed by atoms with Gasteiger partial charge >= 0.3 is 0 Å². The lowest BCUT2D eigenvalue weighted by atomic mass is 10.3. The Morgan fingerprint density at radius 2 is 1.95 bits per heavy atom. The van der Waals surface area contributed by atoms with Crippen molar-refractivity contribution in [1.82, 2.24) is 14.8 Å². The predicted octanol–water partition coefficient (Wildman–Crippen LogP) is 2.92. The predicted molar refractivity (Wildman–Crippen MR) is 85.5 cm³/mol. The van der Waals surface area contributed by atoms with Gasteiger partial charge in [-0.3, -0.25) is 9.78 Å². The highest BCUT2D eigenvalue weighted by atomic mass is 16.1. The minimum atomic E-state index is -0.208. The van der Waals surface area contributed by atoms with Crippen molar-refractivity contribution in [3.05, 3.63) is 78.9 Å². The number of hydrogen-bond acceptors (Lipinski definition) is 3. The topological polar surface area (TPSA) is 59.8 Å². The Balaban J connectivity index is 1.66. The third-order valence-electron chi connectivity index (χ3n) is 2.98. The van der Waals surface area contributed by atoms with E-state index in [1.165, 1.54) is 6.08 Å². The number of carbonyl (C=O) groups excluding carboxylic acids is 1. The minimum absolute atomic E-state index is 0.208. The van der Waals surface area contributed by atoms with Crippen LogP contribution in [0.3, 0.4) is 0 Å². The molecule has 0 radical (unpaired) electrons. The third kappa shape index (κ3) is 3.46. The Labute approximate surface area is 127 Å². The Bertz CT molecular complexity index is 779. The number of hydrogen-bond donors (Lipinski definition) is 1. The van der Waals surface area contributed by atoms with Crippen LogP contribution in [0.15, 0.2) is 73.3 Å². The maximum absolute atomic E-state index is 11.8. The van der Waals surface area contributed by atoms with Crippen molar-refractivity contribution >= 4 is 17.7 Å². The van der Waals surface area contributed by atoms with Crippen LogP contribution in [0.4, 0.5) is 5.69 Å². The first kappa shape index (κ1) is 13.8. The van der Waals surface area contributed by atoms with E-state index in [0.29, 0.717) is 5.69 Å². The molecule has 0 aliphatic carbocycles. The molecule has 1 aromatic carbocycles. The SMILES string of the molecule is O=C(/C=C/c1cnn(-c2ccccc2)c1)Nc1cccnc1. The summed E-state index contributed by atoms with van der Waals surface area (Å²) in [7, 11) is 0. The lowest BCUT2D eigenvalue weighted by molar-refractivity contribution is -0.111. The van der Waals surface area contributed by atoms with Crippen molar-refractivity contribution in [2.75, 3.05) is 5.32 Å². The van der Waals surface area contributed by atoms with E-state index in [2.05, 4.69) is 15.4 Å². The van der Waals surface area contributed by atoms with Crippen LogP contribution in [0, 0.1) is 0 Å². The third-order valence-corrected chi connectivity index (χ3v) is 2.98. The van der Waals surface area contributed by atoms with E-state index in [0.717, 1.165) is 11.3 Å². The van der Waals surface area contributed by atoms with E-state index < -0.39 is 0 Å². The quantitative estimate of drug-likeness (QED) is 0.752. The summed E-state index contributed by atoms with van der Waals surface area (Å²) in [5.74, 6) is -0.208. The molecule has 0 fully saturated rings. The number of rotatable bonds is 4. The Morgan fingerprint density at radius 1 is 1.09 bits per heavy atom. The molecule has 22 heavy (non-hydrogen) atoms. The van der Waals surface area contributed by atoms with Crippen LogP contribution >= 0.6 is 0 Å². The van der Waals surface area contributed by atoms with Gasteiger partial charge in [-0.15, -0.1) is 0 Å². The van der Waals surface area contributed by atoms with Crippen molar-refractivity contribution in [3.63, 3.8) is 0 Å². The van der Waals surface area contributed by atoms with Gasteiger partial charge in [0.25, 0.3) is 0 Å². The van der Waals surface area contributed by atoms with E-state index >= 15 is 0 Å². The molecule has 0 unspecified atom stereocenters. The number of anilines is 1. The molecule has 0 saturated heterocycles. The molecule has 2 heterocycles. The maximum atomic E-state index is 11.8. The summed E-state index contributed by atoms with van der Waals surface area (Å²) < 4.78 is 1.76. The summed E-state index contributed by atoms with van der Waals surface area (Å²) in [5, 5.41) is 7.01. The Kier molecular flexibility index (Phi) is 4.06. The highest BCUT2D eigenvalue weighted by molar-refractivity contribution is 6.01. The zero-order valence-electron chi connectivity index (χ0n) is 11.8. The number of nitrogens with one attached hydrogen (secondary N) is 1. The average molecular weight is 290 g/mol. The largest absolute Gasteiger partial charge is 0.321 e. The first-order valence-electron chi connectivity index (χ1n) is 6.80. The molecular weight excluding hydrogens is 276 g/mol. The van der Waals surface area contributed by atoms with Crippen molar-refractivity contribution in [2.45, 2.75) is 0 Å². The van der Waals surface area contributed by atoms with Gasteiger partial charge < -0.3 is 5.32 Å². The summed E-state index contributed by atoms with van der Waals surface area (Å²) in [6.07, 6.45) is 10.0. The average Bonchev–Trinajstić information content (AvgIpc) is 3.04. The second kappa shape index (κ2) is 6.49. The summed E-state index contributed by atoms with van der Waals surface area (Å²) in [6, 6.07) is 13.3. The second-order valence-corrected chi connectivity index (χ2v) is 4.62. The Hall–Kier alpha value is -3.21. The van der Waals surface area contributed by atoms with Crippen molar-refractivity contribution in [1.29, 1.82) is 0 Å². The fourth-order valence-corrected chi connectivity index (χ4v) is 1.94. The Morgan fingerprint density at radius 3 is 2.73 bits per heavy atom. The normalized spacial score (nSPS) is 10.7. The van der Waals surface area contributed by atoms with Crippen LogP contribution in [-0.4, -0.2) is 20.7 Å². The van der Waals surface area contributed by atoms with Crippen LogP contribution in [0.5, 0.6) is 0 Å². The monoisotopic (exact) mass is 290 g/mol. The molecule has 2 aromatic heterocycles. The number of carbonyl (C=O) groups is 1. The molecule has 3 rings (SSSR count). The van der Waals surface area contributed by atoms with Crippen LogP contribution in [0.2, 0.25) is 0 Å². The van der Waals surface area contributed by atoms with Gasteiger partial charge in [-0.25, -0.2) is 4.68 Å². The fraction of sp³-hybridized carbons (Fsp3) is 0. The molecule has 0 saturated carbocycles. The van der Waals surface area contributed by atoms with Gasteiger partial charge in [0.2, 0.25) is 5.91 Å². The van der Waals surface area contributed by atoms with Crippen molar-refractivity contribution in [2.24, 2.45) is 0 Å². The highest BCUT2D eigenvalue weighted by Gasteiger charge is 2.00. The molecule has 5 nitrogen and oxygen atoms in total. The molecule has 5 heteroatoms. The second-order valence-electron chi connectivity index (χ2n) is 4.62. The highest BCUT2D eigenvalue weighted by Crippen LogP contribution is 2.09. The number of nitrogens with zero attached hydrogens (tertiary/aromatic N) is 3. The molecule has 0 bridgehead atoms. The van der Waals surface area contributed by atoms with E-state index in [4.69, 9.17) is 0 Å². The van der Waals surface area contributed by atoms with E-state index in [1.54, 1.807) is 41.5 Å². The zero-order valence-corrected chi connectivity index (χ0v) is 11.8. The molecule has 0 aliphatic heterocycles. The number of benzene rings is 1. The van der Waals surface area contributed by atoms with E-state index in [1.807, 2.05) is 36.5 Å². The van der Waals surface area contributed by atoms with Crippen LogP contribution in [0.1, 0.15) is 5.56 Å². The molecule has 0 atom stereocenters. The lowest BCUT2D eigenvalue weighted by Crippen LogP contribution is -2.07. The van der Waals surface area contributed by atoms with E-state index in [9.17, 15) is 4.79 Å². The standard InChI is InChI=1S/C17H14N4O/c22-17(20-15-5-4-10-18-12-15)9-8-14-11-19-21(13-14)16-6-2-1-3-7-16/h1-13H,(H,20,22)/b9-8+. The van der Waals surface area contributed by atoms with Crippen LogP contribution in [-0.2, 0) is 4.79 Å². The molecule has 0 aliphatic rings. The van der Waals surface area contributed by atoms with Gasteiger partial charge in [0.15, 0.2) is 0 Å². The van der Waals surface area contributed by atoms with Crippen LogP contribution in [0.25, 0.3) is 11.8 Å². The van der Waals surface area contributed by atoms with Gasteiger partial charge in [0.1, 0.15) is 0 Å². The van der Waals surface area contributed by atoms with Gasteiger partial charge in [0, 0.05) is 24.0 Å². The summed E-state index contributed by atoms with van der Waals surface area (Å²) in [4.78, 5) is 15.8. The molecule has 108 valence electrons. The number of para-hydroxylation sites is 1. The van der Waals surface area contributed by atoms with Crippen molar-refractivity contribution < 1.29 is 4.79 Å².